The van der Waals surface area contributed by atoms with Gasteiger partial charge in [-0.15, -0.1) is 11.8 Å². The zero-order valence-corrected chi connectivity index (χ0v) is 13.8. The topological polar surface area (TPSA) is 88.1 Å². The quantitative estimate of drug-likeness (QED) is 0.533. The molecule has 0 amide bonds. The van der Waals surface area contributed by atoms with E-state index in [0.29, 0.717) is 0 Å². The largest absolute Gasteiger partial charge is 0.463 e. The van der Waals surface area contributed by atoms with Gasteiger partial charge in [-0.1, -0.05) is 6.92 Å². The average Bonchev–Trinajstić information content (AvgIpc) is 2.38. The van der Waals surface area contributed by atoms with Gasteiger partial charge in [-0.3, -0.25) is 14.4 Å². The van der Waals surface area contributed by atoms with Gasteiger partial charge >= 0.3 is 17.9 Å². The fourth-order valence-corrected chi connectivity index (χ4v) is 2.68. The summed E-state index contributed by atoms with van der Waals surface area (Å²) < 4.78 is 21.0. The van der Waals surface area contributed by atoms with Crippen LogP contribution in [0.25, 0.3) is 0 Å². The minimum Gasteiger partial charge on any atom is -0.463 e. The zero-order valence-electron chi connectivity index (χ0n) is 13.0. The Kier molecular flexibility index (Phi) is 7.40. The number of carbonyl (C=O) groups excluding carboxylic acids is 3. The van der Waals surface area contributed by atoms with Crippen molar-refractivity contribution in [2.45, 2.75) is 45.3 Å². The summed E-state index contributed by atoms with van der Waals surface area (Å²) in [5.74, 6) is -0.557. The molecule has 0 aromatic rings. The molecule has 0 aliphatic carbocycles. The molecule has 0 aromatic heterocycles. The molecule has 0 fully saturated rings. The number of hydrogen-bond donors (Lipinski definition) is 0. The van der Waals surface area contributed by atoms with Crippen molar-refractivity contribution in [3.8, 4) is 0 Å². The fraction of sp³-hybridized carbons (Fsp3) is 0.643. The van der Waals surface area contributed by atoms with Crippen molar-refractivity contribution in [2.75, 3.05) is 12.4 Å². The van der Waals surface area contributed by atoms with E-state index >= 15 is 0 Å². The predicted octanol–water partition coefficient (Wildman–Crippen LogP) is 1.41. The second kappa shape index (κ2) is 8.79. The summed E-state index contributed by atoms with van der Waals surface area (Å²) in [4.78, 5) is 33.3. The van der Waals surface area contributed by atoms with E-state index in [4.69, 9.17) is 18.9 Å². The molecule has 1 aliphatic heterocycles. The minimum atomic E-state index is -0.719. The Morgan fingerprint density at radius 1 is 1.18 bits per heavy atom. The smallest absolute Gasteiger partial charge is 0.307 e. The molecular weight excluding hydrogens is 312 g/mol. The van der Waals surface area contributed by atoms with Gasteiger partial charge in [0.05, 0.1) is 0 Å². The summed E-state index contributed by atoms with van der Waals surface area (Å²) in [5.41, 5.74) is -0.464. The number of hydrogen-bond acceptors (Lipinski definition) is 8. The zero-order chi connectivity index (χ0) is 16.7. The summed E-state index contributed by atoms with van der Waals surface area (Å²) in [6.07, 6.45) is 0.127. The standard InChI is InChI=1S/C14H20O7S/c1-5-22-14-12(20-10(4)17)6-11(19-9(3)16)13(21-14)7-18-8(2)15/h6,12-14H,5,7H2,1-4H3. The minimum absolute atomic E-state index is 0.0813. The maximum atomic E-state index is 11.2. The Bertz CT molecular complexity index is 460. The van der Waals surface area contributed by atoms with Gasteiger partial charge in [0.2, 0.25) is 0 Å². The molecule has 0 saturated heterocycles. The third kappa shape index (κ3) is 6.07. The predicted molar refractivity (Wildman–Crippen MR) is 78.8 cm³/mol. The molecule has 0 aromatic carbocycles. The lowest BCUT2D eigenvalue weighted by Gasteiger charge is -2.33. The van der Waals surface area contributed by atoms with Crippen LogP contribution >= 0.6 is 11.8 Å². The van der Waals surface area contributed by atoms with E-state index in [1.807, 2.05) is 6.92 Å². The first-order valence-electron chi connectivity index (χ1n) is 6.81. The monoisotopic (exact) mass is 332 g/mol. The van der Waals surface area contributed by atoms with Gasteiger partial charge in [-0.25, -0.2) is 0 Å². The fourth-order valence-electron chi connectivity index (χ4n) is 1.81. The maximum absolute atomic E-state index is 11.2. The molecule has 8 heteroatoms. The molecule has 3 unspecified atom stereocenters. The third-order valence-corrected chi connectivity index (χ3v) is 3.59. The number of thioether (sulfide) groups is 1. The van der Waals surface area contributed by atoms with Gasteiger partial charge in [0, 0.05) is 26.8 Å². The molecule has 0 spiro atoms. The number of ether oxygens (including phenoxy) is 4. The van der Waals surface area contributed by atoms with Crippen LogP contribution in [0.2, 0.25) is 0 Å². The molecule has 1 aliphatic rings. The van der Waals surface area contributed by atoms with Gasteiger partial charge in [-0.2, -0.15) is 0 Å². The number of carbonyl (C=O) groups is 3. The van der Waals surface area contributed by atoms with Crippen molar-refractivity contribution in [3.05, 3.63) is 11.8 Å². The number of esters is 3. The summed E-state index contributed by atoms with van der Waals surface area (Å²) in [6.45, 7) is 5.67. The van der Waals surface area contributed by atoms with E-state index in [0.717, 1.165) is 5.75 Å². The van der Waals surface area contributed by atoms with Crippen LogP contribution in [-0.4, -0.2) is 47.9 Å². The normalized spacial score (nSPS) is 24.2. The van der Waals surface area contributed by atoms with Gasteiger partial charge in [-0.05, 0) is 5.75 Å². The summed E-state index contributed by atoms with van der Waals surface area (Å²) in [7, 11) is 0. The molecule has 0 saturated carbocycles. The van der Waals surface area contributed by atoms with Crippen LogP contribution in [0.4, 0.5) is 0 Å². The van der Waals surface area contributed by atoms with Crippen molar-refractivity contribution >= 4 is 29.7 Å². The van der Waals surface area contributed by atoms with Crippen molar-refractivity contribution < 1.29 is 33.3 Å². The molecule has 7 nitrogen and oxygen atoms in total. The second-order valence-electron chi connectivity index (χ2n) is 4.49. The van der Waals surface area contributed by atoms with E-state index in [-0.39, 0.29) is 12.4 Å². The molecule has 0 radical (unpaired) electrons. The molecule has 124 valence electrons. The van der Waals surface area contributed by atoms with Crippen molar-refractivity contribution in [1.29, 1.82) is 0 Å². The Labute approximate surface area is 133 Å². The van der Waals surface area contributed by atoms with Gasteiger partial charge in [0.15, 0.2) is 12.2 Å². The lowest BCUT2D eigenvalue weighted by Crippen LogP contribution is -2.41. The highest BCUT2D eigenvalue weighted by Gasteiger charge is 2.36. The molecule has 22 heavy (non-hydrogen) atoms. The van der Waals surface area contributed by atoms with Crippen molar-refractivity contribution in [2.24, 2.45) is 0 Å². The Morgan fingerprint density at radius 2 is 1.86 bits per heavy atom. The van der Waals surface area contributed by atoms with E-state index in [1.54, 1.807) is 0 Å². The Morgan fingerprint density at radius 3 is 2.36 bits per heavy atom. The highest BCUT2D eigenvalue weighted by molar-refractivity contribution is 7.99. The molecule has 1 rings (SSSR count). The van der Waals surface area contributed by atoms with Crippen LogP contribution in [-0.2, 0) is 33.3 Å². The lowest BCUT2D eigenvalue weighted by atomic mass is 10.2. The van der Waals surface area contributed by atoms with E-state index < -0.39 is 35.6 Å². The first-order valence-corrected chi connectivity index (χ1v) is 7.86. The van der Waals surface area contributed by atoms with Crippen LogP contribution in [0, 0.1) is 0 Å². The maximum Gasteiger partial charge on any atom is 0.307 e. The summed E-state index contributed by atoms with van der Waals surface area (Å²) >= 11 is 1.44. The van der Waals surface area contributed by atoms with E-state index in [2.05, 4.69) is 0 Å². The van der Waals surface area contributed by atoms with Crippen LogP contribution < -0.4 is 0 Å². The van der Waals surface area contributed by atoms with Crippen molar-refractivity contribution in [3.63, 3.8) is 0 Å². The molecular formula is C14H20O7S. The Balaban J connectivity index is 2.96. The molecule has 0 N–H and O–H groups in total. The Hall–Kier alpha value is -1.54. The summed E-state index contributed by atoms with van der Waals surface area (Å²) in [6, 6.07) is 0. The van der Waals surface area contributed by atoms with E-state index in [9.17, 15) is 14.4 Å². The van der Waals surface area contributed by atoms with Gasteiger partial charge in [0.25, 0.3) is 0 Å². The highest BCUT2D eigenvalue weighted by Crippen LogP contribution is 2.30. The first-order chi connectivity index (χ1) is 10.3. The number of rotatable bonds is 6. The van der Waals surface area contributed by atoms with Crippen LogP contribution in [0.3, 0.4) is 0 Å². The molecule has 3 atom stereocenters. The van der Waals surface area contributed by atoms with Crippen LogP contribution in [0.1, 0.15) is 27.7 Å². The van der Waals surface area contributed by atoms with E-state index in [1.165, 1.54) is 38.6 Å². The summed E-state index contributed by atoms with van der Waals surface area (Å²) in [5, 5.41) is 0. The molecule has 0 bridgehead atoms. The highest BCUT2D eigenvalue weighted by atomic mass is 32.2. The van der Waals surface area contributed by atoms with Crippen molar-refractivity contribution in [1.82, 2.24) is 0 Å². The van der Waals surface area contributed by atoms with Gasteiger partial charge < -0.3 is 18.9 Å². The second-order valence-corrected chi connectivity index (χ2v) is 5.86. The van der Waals surface area contributed by atoms with Crippen LogP contribution in [0.15, 0.2) is 11.8 Å². The first kappa shape index (κ1) is 18.5. The SMILES string of the molecule is CCSC1OC(COC(C)=O)C(OC(C)=O)=CC1OC(C)=O. The van der Waals surface area contributed by atoms with Crippen LogP contribution in [0.5, 0.6) is 0 Å². The lowest BCUT2D eigenvalue weighted by molar-refractivity contribution is -0.157. The average molecular weight is 332 g/mol. The molecule has 1 heterocycles. The van der Waals surface area contributed by atoms with Gasteiger partial charge in [0.1, 0.15) is 17.8 Å². The third-order valence-electron chi connectivity index (χ3n) is 2.55.